The first-order chi connectivity index (χ1) is 16.1. The molecule has 2 atom stereocenters. The Kier molecular flexibility index (Phi) is 5.48. The number of ether oxygens (including phenoxy) is 1. The second-order valence-corrected chi connectivity index (χ2v) is 8.29. The molecule has 0 saturated heterocycles. The van der Waals surface area contributed by atoms with Gasteiger partial charge in [0.05, 0.1) is 23.7 Å². The summed E-state index contributed by atoms with van der Waals surface area (Å²) >= 11 is 0. The summed E-state index contributed by atoms with van der Waals surface area (Å²) in [6, 6.07) is 27.4. The summed E-state index contributed by atoms with van der Waals surface area (Å²) < 4.78 is 7.66. The third-order valence-corrected chi connectivity index (χ3v) is 6.35. The van der Waals surface area contributed by atoms with Crippen molar-refractivity contribution in [3.8, 4) is 0 Å². The summed E-state index contributed by atoms with van der Waals surface area (Å²) in [5.41, 5.74) is 1.98. The minimum Gasteiger partial charge on any atom is -0.362 e. The molecule has 2 unspecified atom stereocenters. The average Bonchev–Trinajstić information content (AvgIpc) is 3.20. The van der Waals surface area contributed by atoms with E-state index in [1.54, 1.807) is 6.08 Å². The SMILES string of the molecule is COC1(Cc2nn(Cc3ccccc3)c3ccccc23)C(=O)C=CC(c2ccccc2)C1=O. The molecular formula is C28H24N2O3. The number of aromatic nitrogens is 2. The predicted molar refractivity (Wildman–Crippen MR) is 127 cm³/mol. The fourth-order valence-corrected chi connectivity index (χ4v) is 4.59. The molecule has 164 valence electrons. The Labute approximate surface area is 192 Å². The number of carbonyl (C=O) groups is 2. The zero-order valence-corrected chi connectivity index (χ0v) is 18.3. The summed E-state index contributed by atoms with van der Waals surface area (Å²) in [4.78, 5) is 26.8. The number of methoxy groups -OCH3 is 1. The van der Waals surface area contributed by atoms with Gasteiger partial charge in [-0.2, -0.15) is 5.10 Å². The van der Waals surface area contributed by atoms with E-state index in [0.29, 0.717) is 12.2 Å². The zero-order valence-electron chi connectivity index (χ0n) is 18.3. The molecule has 1 aliphatic carbocycles. The van der Waals surface area contributed by atoms with Gasteiger partial charge in [0.1, 0.15) is 0 Å². The summed E-state index contributed by atoms with van der Waals surface area (Å²) in [7, 11) is 1.43. The lowest BCUT2D eigenvalue weighted by atomic mass is 9.75. The smallest absolute Gasteiger partial charge is 0.195 e. The molecule has 0 fully saturated rings. The van der Waals surface area contributed by atoms with Crippen LogP contribution in [0, 0.1) is 0 Å². The van der Waals surface area contributed by atoms with Gasteiger partial charge in [-0.15, -0.1) is 0 Å². The highest BCUT2D eigenvalue weighted by molar-refractivity contribution is 6.20. The van der Waals surface area contributed by atoms with E-state index in [1.165, 1.54) is 13.2 Å². The average molecular weight is 437 g/mol. The van der Waals surface area contributed by atoms with E-state index in [0.717, 1.165) is 22.0 Å². The topological polar surface area (TPSA) is 61.2 Å². The van der Waals surface area contributed by atoms with E-state index in [2.05, 4.69) is 12.1 Å². The quantitative estimate of drug-likeness (QED) is 0.418. The number of fused-ring (bicyclic) bond motifs is 1. The molecule has 1 aliphatic rings. The van der Waals surface area contributed by atoms with Crippen molar-refractivity contribution in [3.63, 3.8) is 0 Å². The van der Waals surface area contributed by atoms with Gasteiger partial charge in [0.25, 0.3) is 0 Å². The van der Waals surface area contributed by atoms with Gasteiger partial charge in [0.2, 0.25) is 0 Å². The van der Waals surface area contributed by atoms with E-state index >= 15 is 0 Å². The maximum absolute atomic E-state index is 13.7. The highest BCUT2D eigenvalue weighted by Crippen LogP contribution is 2.35. The van der Waals surface area contributed by atoms with Crippen LogP contribution in [-0.2, 0) is 27.3 Å². The molecule has 0 spiro atoms. The van der Waals surface area contributed by atoms with Crippen LogP contribution >= 0.6 is 0 Å². The van der Waals surface area contributed by atoms with Crippen LogP contribution in [0.2, 0.25) is 0 Å². The van der Waals surface area contributed by atoms with Crippen LogP contribution in [-0.4, -0.2) is 34.1 Å². The summed E-state index contributed by atoms with van der Waals surface area (Å²) in [5, 5.41) is 5.76. The van der Waals surface area contributed by atoms with Crippen molar-refractivity contribution in [1.29, 1.82) is 0 Å². The largest absolute Gasteiger partial charge is 0.362 e. The van der Waals surface area contributed by atoms with E-state index in [1.807, 2.05) is 77.5 Å². The summed E-state index contributed by atoms with van der Waals surface area (Å²) in [6.07, 6.45) is 3.23. The van der Waals surface area contributed by atoms with Gasteiger partial charge in [0, 0.05) is 18.9 Å². The van der Waals surface area contributed by atoms with Gasteiger partial charge in [-0.1, -0.05) is 84.9 Å². The lowest BCUT2D eigenvalue weighted by Crippen LogP contribution is -2.53. The number of hydrogen-bond donors (Lipinski definition) is 0. The molecule has 0 radical (unpaired) electrons. The van der Waals surface area contributed by atoms with Crippen LogP contribution in [0.1, 0.15) is 22.7 Å². The number of rotatable bonds is 6. The number of allylic oxidation sites excluding steroid dienone is 1. The van der Waals surface area contributed by atoms with Crippen LogP contribution in [0.25, 0.3) is 10.9 Å². The number of benzene rings is 3. The Morgan fingerprint density at radius 2 is 1.58 bits per heavy atom. The van der Waals surface area contributed by atoms with Crippen molar-refractivity contribution in [1.82, 2.24) is 9.78 Å². The number of para-hydroxylation sites is 1. The second-order valence-electron chi connectivity index (χ2n) is 8.29. The molecule has 0 aliphatic heterocycles. The van der Waals surface area contributed by atoms with Crippen molar-refractivity contribution < 1.29 is 14.3 Å². The molecule has 5 heteroatoms. The number of Topliss-reactive ketones (excluding diaryl/α,β-unsaturated/α-hetero) is 1. The number of nitrogens with zero attached hydrogens (tertiary/aromatic N) is 2. The lowest BCUT2D eigenvalue weighted by Gasteiger charge is -2.33. The third-order valence-electron chi connectivity index (χ3n) is 6.35. The molecule has 0 N–H and O–H groups in total. The molecule has 1 heterocycles. The Balaban J connectivity index is 1.56. The van der Waals surface area contributed by atoms with Gasteiger partial charge in [-0.3, -0.25) is 14.3 Å². The van der Waals surface area contributed by atoms with Gasteiger partial charge in [-0.05, 0) is 23.3 Å². The maximum Gasteiger partial charge on any atom is 0.195 e. The molecule has 5 nitrogen and oxygen atoms in total. The van der Waals surface area contributed by atoms with Crippen LogP contribution in [0.4, 0.5) is 0 Å². The number of carbonyl (C=O) groups excluding carboxylic acids is 2. The first kappa shape index (κ1) is 21.0. The van der Waals surface area contributed by atoms with Crippen molar-refractivity contribution in [2.24, 2.45) is 0 Å². The molecule has 5 rings (SSSR count). The third kappa shape index (κ3) is 3.70. The number of ketones is 2. The van der Waals surface area contributed by atoms with Gasteiger partial charge < -0.3 is 4.74 Å². The molecule has 3 aromatic carbocycles. The zero-order chi connectivity index (χ0) is 22.8. The Morgan fingerprint density at radius 3 is 2.30 bits per heavy atom. The second kappa shape index (κ2) is 8.60. The minimum absolute atomic E-state index is 0.0805. The van der Waals surface area contributed by atoms with E-state index in [4.69, 9.17) is 9.84 Å². The first-order valence-corrected chi connectivity index (χ1v) is 11.0. The standard InChI is InChI=1S/C28H24N2O3/c1-33-28(26(31)17-16-22(27(28)32)21-12-6-3-7-13-21)18-24-23-14-8-9-15-25(23)30(29-24)19-20-10-4-2-5-11-20/h2-17,22H,18-19H2,1H3. The van der Waals surface area contributed by atoms with Crippen molar-refractivity contribution in [2.75, 3.05) is 7.11 Å². The van der Waals surface area contributed by atoms with Crippen molar-refractivity contribution in [2.45, 2.75) is 24.5 Å². The molecule has 0 bridgehead atoms. The highest BCUT2D eigenvalue weighted by Gasteiger charge is 2.50. The maximum atomic E-state index is 13.7. The molecule has 0 saturated carbocycles. The minimum atomic E-state index is -1.61. The van der Waals surface area contributed by atoms with Gasteiger partial charge in [-0.25, -0.2) is 0 Å². The monoisotopic (exact) mass is 436 g/mol. The van der Waals surface area contributed by atoms with Crippen LogP contribution < -0.4 is 0 Å². The lowest BCUT2D eigenvalue weighted by molar-refractivity contribution is -0.153. The van der Waals surface area contributed by atoms with E-state index < -0.39 is 11.5 Å². The fraction of sp³-hybridized carbons (Fsp3) is 0.179. The van der Waals surface area contributed by atoms with Crippen LogP contribution in [0.3, 0.4) is 0 Å². The van der Waals surface area contributed by atoms with Crippen molar-refractivity contribution in [3.05, 3.63) is 114 Å². The van der Waals surface area contributed by atoms with Gasteiger partial charge in [0.15, 0.2) is 17.2 Å². The molecular weight excluding hydrogens is 412 g/mol. The molecule has 4 aromatic rings. The predicted octanol–water partition coefficient (Wildman–Crippen LogP) is 4.50. The Bertz CT molecular complexity index is 1340. The summed E-state index contributed by atoms with van der Waals surface area (Å²) in [5.74, 6) is -1.14. The van der Waals surface area contributed by atoms with Crippen LogP contribution in [0.15, 0.2) is 97.1 Å². The summed E-state index contributed by atoms with van der Waals surface area (Å²) in [6.45, 7) is 0.593. The first-order valence-electron chi connectivity index (χ1n) is 11.0. The Morgan fingerprint density at radius 1 is 0.909 bits per heavy atom. The Hall–Kier alpha value is -3.83. The van der Waals surface area contributed by atoms with E-state index in [-0.39, 0.29) is 18.0 Å². The molecule has 0 amide bonds. The van der Waals surface area contributed by atoms with Crippen LogP contribution in [0.5, 0.6) is 0 Å². The van der Waals surface area contributed by atoms with E-state index in [9.17, 15) is 9.59 Å². The van der Waals surface area contributed by atoms with Gasteiger partial charge >= 0.3 is 0 Å². The molecule has 1 aromatic heterocycles. The normalized spacial score (nSPS) is 20.5. The molecule has 33 heavy (non-hydrogen) atoms. The highest BCUT2D eigenvalue weighted by atomic mass is 16.5. The van der Waals surface area contributed by atoms with Crippen molar-refractivity contribution >= 4 is 22.5 Å². The number of hydrogen-bond acceptors (Lipinski definition) is 4. The fourth-order valence-electron chi connectivity index (χ4n) is 4.59.